The predicted octanol–water partition coefficient (Wildman–Crippen LogP) is 3.04. The summed E-state index contributed by atoms with van der Waals surface area (Å²) in [5.41, 5.74) is 4.90. The van der Waals surface area contributed by atoms with Gasteiger partial charge in [-0.15, -0.1) is 0 Å². The van der Waals surface area contributed by atoms with Crippen LogP contribution in [0.4, 0.5) is 4.39 Å². The van der Waals surface area contributed by atoms with Crippen molar-refractivity contribution in [2.45, 2.75) is 39.4 Å². The molecule has 2 heterocycles. The van der Waals surface area contributed by atoms with Crippen LogP contribution >= 0.6 is 0 Å². The van der Waals surface area contributed by atoms with Gasteiger partial charge in [0.05, 0.1) is 0 Å². The van der Waals surface area contributed by atoms with Gasteiger partial charge in [0.25, 0.3) is 0 Å². The van der Waals surface area contributed by atoms with Gasteiger partial charge in [-0.2, -0.15) is 4.98 Å². The Bertz CT molecular complexity index is 1020. The molecule has 0 fully saturated rings. The fourth-order valence-electron chi connectivity index (χ4n) is 3.23. The van der Waals surface area contributed by atoms with Gasteiger partial charge in [0.1, 0.15) is 5.82 Å². The first kappa shape index (κ1) is 18.3. The van der Waals surface area contributed by atoms with Gasteiger partial charge in [0.15, 0.2) is 0 Å². The number of benzene rings is 2. The number of hydrogen-bond acceptors (Lipinski definition) is 5. The Hall–Kier alpha value is -3.06. The van der Waals surface area contributed by atoms with Crippen molar-refractivity contribution in [3.8, 4) is 11.4 Å². The van der Waals surface area contributed by atoms with E-state index in [0.29, 0.717) is 35.8 Å². The normalized spacial score (nSPS) is 12.8. The average Bonchev–Trinajstić information content (AvgIpc) is 3.35. The monoisotopic (exact) mass is 380 g/mol. The summed E-state index contributed by atoms with van der Waals surface area (Å²) in [7, 11) is 0. The second-order valence-electron chi connectivity index (χ2n) is 6.96. The maximum Gasteiger partial charge on any atom is 0.227 e. The average molecular weight is 380 g/mol. The van der Waals surface area contributed by atoms with Crippen LogP contribution < -0.4 is 10.6 Å². The third-order valence-electron chi connectivity index (χ3n) is 4.84. The minimum Gasteiger partial charge on any atom is -0.352 e. The minimum atomic E-state index is -0.274. The van der Waals surface area contributed by atoms with Gasteiger partial charge in [0, 0.05) is 38.0 Å². The molecule has 0 bridgehead atoms. The molecule has 1 aliphatic rings. The van der Waals surface area contributed by atoms with Gasteiger partial charge >= 0.3 is 0 Å². The summed E-state index contributed by atoms with van der Waals surface area (Å²) in [5, 5.41) is 10.1. The second kappa shape index (κ2) is 7.90. The van der Waals surface area contributed by atoms with Gasteiger partial charge in [-0.05, 0) is 47.4 Å². The molecular weight excluding hydrogens is 359 g/mol. The standard InChI is InChI=1S/C21H21FN4O2/c1-13-8-15(4-5-18(13)22)21-25-20(28-26-21)7-6-19(27)24-10-14-2-3-16-11-23-12-17(16)9-14/h2-5,8-9,23H,6-7,10-12H2,1H3,(H,24,27). The molecule has 1 aromatic heterocycles. The molecule has 0 aliphatic carbocycles. The van der Waals surface area contributed by atoms with Crippen LogP contribution in [0.15, 0.2) is 40.9 Å². The van der Waals surface area contributed by atoms with Gasteiger partial charge in [0.2, 0.25) is 17.6 Å². The summed E-state index contributed by atoms with van der Waals surface area (Å²) >= 11 is 0. The molecule has 2 aromatic carbocycles. The van der Waals surface area contributed by atoms with Crippen molar-refractivity contribution in [2.75, 3.05) is 0 Å². The SMILES string of the molecule is Cc1cc(-c2noc(CCC(=O)NCc3ccc4c(c3)CNC4)n2)ccc1F. The molecular formula is C21H21FN4O2. The number of hydrogen-bond donors (Lipinski definition) is 2. The number of fused-ring (bicyclic) bond motifs is 1. The molecule has 4 rings (SSSR count). The molecule has 0 radical (unpaired) electrons. The minimum absolute atomic E-state index is 0.0731. The molecule has 0 saturated carbocycles. The third kappa shape index (κ3) is 4.09. The summed E-state index contributed by atoms with van der Waals surface area (Å²) < 4.78 is 18.6. The van der Waals surface area contributed by atoms with E-state index in [1.54, 1.807) is 19.1 Å². The molecule has 1 amide bonds. The van der Waals surface area contributed by atoms with Gasteiger partial charge in [-0.1, -0.05) is 23.4 Å². The first-order valence-electron chi connectivity index (χ1n) is 9.26. The zero-order valence-electron chi connectivity index (χ0n) is 15.6. The lowest BCUT2D eigenvalue weighted by Crippen LogP contribution is -2.23. The van der Waals surface area contributed by atoms with Crippen LogP contribution in [-0.2, 0) is 30.8 Å². The molecule has 0 unspecified atom stereocenters. The van der Waals surface area contributed by atoms with E-state index in [9.17, 15) is 9.18 Å². The third-order valence-corrected chi connectivity index (χ3v) is 4.84. The van der Waals surface area contributed by atoms with Crippen molar-refractivity contribution in [3.63, 3.8) is 0 Å². The van der Waals surface area contributed by atoms with E-state index in [1.807, 2.05) is 6.07 Å². The van der Waals surface area contributed by atoms with Crippen LogP contribution in [-0.4, -0.2) is 16.0 Å². The van der Waals surface area contributed by atoms with E-state index in [4.69, 9.17) is 4.52 Å². The fraction of sp³-hybridized carbons (Fsp3) is 0.286. The number of nitrogens with one attached hydrogen (secondary N) is 2. The number of amides is 1. The summed E-state index contributed by atoms with van der Waals surface area (Å²) in [5.74, 6) is 0.431. The first-order valence-corrected chi connectivity index (χ1v) is 9.26. The molecule has 2 N–H and O–H groups in total. The fourth-order valence-corrected chi connectivity index (χ4v) is 3.23. The van der Waals surface area contributed by atoms with E-state index in [-0.39, 0.29) is 18.1 Å². The highest BCUT2D eigenvalue weighted by molar-refractivity contribution is 5.76. The number of aromatic nitrogens is 2. The summed E-state index contributed by atoms with van der Waals surface area (Å²) in [6, 6.07) is 10.9. The van der Waals surface area contributed by atoms with Gasteiger partial charge < -0.3 is 15.2 Å². The van der Waals surface area contributed by atoms with E-state index in [2.05, 4.69) is 32.9 Å². The number of rotatable bonds is 6. The van der Waals surface area contributed by atoms with E-state index in [1.165, 1.54) is 17.2 Å². The molecule has 0 saturated heterocycles. The van der Waals surface area contributed by atoms with Crippen LogP contribution in [0.1, 0.15) is 34.6 Å². The topological polar surface area (TPSA) is 80.0 Å². The Labute approximate surface area is 162 Å². The number of nitrogens with zero attached hydrogens (tertiary/aromatic N) is 2. The van der Waals surface area contributed by atoms with Crippen LogP contribution in [0.2, 0.25) is 0 Å². The summed E-state index contributed by atoms with van der Waals surface area (Å²) in [6.45, 7) is 3.97. The number of carbonyl (C=O) groups is 1. The van der Waals surface area contributed by atoms with Gasteiger partial charge in [-0.3, -0.25) is 4.79 Å². The van der Waals surface area contributed by atoms with Crippen LogP contribution in [0.5, 0.6) is 0 Å². The Morgan fingerprint density at radius 3 is 2.93 bits per heavy atom. The van der Waals surface area contributed by atoms with Crippen LogP contribution in [0, 0.1) is 12.7 Å². The lowest BCUT2D eigenvalue weighted by molar-refractivity contribution is -0.121. The maximum absolute atomic E-state index is 13.4. The Kier molecular flexibility index (Phi) is 5.16. The van der Waals surface area contributed by atoms with Crippen LogP contribution in [0.3, 0.4) is 0 Å². The summed E-state index contributed by atoms with van der Waals surface area (Å²) in [6.07, 6.45) is 0.615. The van der Waals surface area contributed by atoms with E-state index >= 15 is 0 Å². The molecule has 0 spiro atoms. The zero-order valence-corrected chi connectivity index (χ0v) is 15.6. The van der Waals surface area contributed by atoms with Gasteiger partial charge in [-0.25, -0.2) is 4.39 Å². The Morgan fingerprint density at radius 1 is 1.21 bits per heavy atom. The highest BCUT2D eigenvalue weighted by Crippen LogP contribution is 2.20. The van der Waals surface area contributed by atoms with E-state index < -0.39 is 0 Å². The van der Waals surface area contributed by atoms with E-state index in [0.717, 1.165) is 18.7 Å². The first-order chi connectivity index (χ1) is 13.6. The number of aryl methyl sites for hydroxylation is 2. The predicted molar refractivity (Wildman–Crippen MR) is 102 cm³/mol. The molecule has 6 nitrogen and oxygen atoms in total. The van der Waals surface area contributed by atoms with Crippen molar-refractivity contribution in [1.29, 1.82) is 0 Å². The van der Waals surface area contributed by atoms with Crippen molar-refractivity contribution < 1.29 is 13.7 Å². The lowest BCUT2D eigenvalue weighted by Gasteiger charge is -2.06. The Morgan fingerprint density at radius 2 is 2.07 bits per heavy atom. The molecule has 3 aromatic rings. The molecule has 7 heteroatoms. The summed E-state index contributed by atoms with van der Waals surface area (Å²) in [4.78, 5) is 16.4. The van der Waals surface area contributed by atoms with Crippen molar-refractivity contribution in [1.82, 2.24) is 20.8 Å². The zero-order chi connectivity index (χ0) is 19.5. The largest absolute Gasteiger partial charge is 0.352 e. The highest BCUT2D eigenvalue weighted by Gasteiger charge is 2.13. The molecule has 0 atom stereocenters. The maximum atomic E-state index is 13.4. The van der Waals surface area contributed by atoms with Crippen molar-refractivity contribution in [2.24, 2.45) is 0 Å². The number of carbonyl (C=O) groups excluding carboxylic acids is 1. The smallest absolute Gasteiger partial charge is 0.227 e. The molecule has 144 valence electrons. The van der Waals surface area contributed by atoms with Crippen molar-refractivity contribution in [3.05, 3.63) is 70.4 Å². The second-order valence-corrected chi connectivity index (χ2v) is 6.96. The quantitative estimate of drug-likeness (QED) is 0.687. The molecule has 28 heavy (non-hydrogen) atoms. The molecule has 1 aliphatic heterocycles. The van der Waals surface area contributed by atoms with Crippen molar-refractivity contribution >= 4 is 5.91 Å². The Balaban J connectivity index is 1.29. The highest BCUT2D eigenvalue weighted by atomic mass is 19.1. The van der Waals surface area contributed by atoms with Crippen LogP contribution in [0.25, 0.3) is 11.4 Å². The number of halogens is 1. The lowest BCUT2D eigenvalue weighted by atomic mass is 10.1.